The summed E-state index contributed by atoms with van der Waals surface area (Å²) < 4.78 is 11.2. The largest absolute Gasteiger partial charge is 0.510 e. The summed E-state index contributed by atoms with van der Waals surface area (Å²) in [6.07, 6.45) is 21.2. The van der Waals surface area contributed by atoms with E-state index in [1.165, 1.54) is 63.2 Å². The van der Waals surface area contributed by atoms with Crippen molar-refractivity contribution >= 4 is 47.3 Å². The maximum atomic E-state index is 13.7. The van der Waals surface area contributed by atoms with Crippen molar-refractivity contribution in [1.29, 1.82) is 0 Å². The Hall–Kier alpha value is -4.57. The lowest BCUT2D eigenvalue weighted by atomic mass is 9.79. The molecule has 356 valence electrons. The van der Waals surface area contributed by atoms with E-state index in [1.807, 2.05) is 19.9 Å². The first-order valence-corrected chi connectivity index (χ1v) is 24.9. The van der Waals surface area contributed by atoms with Crippen LogP contribution >= 0.6 is 0 Å². The molecule has 1 unspecified atom stereocenters. The average Bonchev–Trinajstić information content (AvgIpc) is 4.00. The molecule has 5 N–H and O–H groups in total. The summed E-state index contributed by atoms with van der Waals surface area (Å²) in [5.41, 5.74) is 8.31. The summed E-state index contributed by atoms with van der Waals surface area (Å²) >= 11 is 0. The van der Waals surface area contributed by atoms with Gasteiger partial charge in [-0.05, 0) is 136 Å². The van der Waals surface area contributed by atoms with E-state index >= 15 is 0 Å². The number of aromatic nitrogens is 2. The Kier molecular flexibility index (Phi) is 16.7. The Morgan fingerprint density at radius 2 is 1.55 bits per heavy atom. The highest BCUT2D eigenvalue weighted by Gasteiger charge is 2.48. The molecule has 0 spiro atoms. The lowest BCUT2D eigenvalue weighted by Gasteiger charge is -2.26. The fourth-order valence-electron chi connectivity index (χ4n) is 11.3. The average molecular weight is 893 g/mol. The van der Waals surface area contributed by atoms with E-state index < -0.39 is 17.9 Å². The molecule has 4 aliphatic rings. The number of allylic oxidation sites excluding steroid dienone is 3. The number of Topliss-reactive ketones (excluding diaryl/α,β-unsaturated/α-hetero) is 1. The standard InChI is InChI=1S/C55H80N4O6/c1-13-39-34(7)41-29-46-48(38(11)60)36(9)43(57-46)27-42-35(8)40(52(58-42)50-51(55(63)64-12)54(62)49-37(10)44(59-53(49)50)28-45(39)56-41)23-24-47(61)65-26-25-33(6)22-16-21-32(5)20-15-19-31(4)18-14-17-30(2)3/h25,27-32,35,39-40,42,51-52,56-59,62H,13-24,26H2,1-12H3/b33-25+,43-27-,45-28-,46-29-/t31-,32-,35+,39-,40+,42+,51-,52?/m1/s1. The van der Waals surface area contributed by atoms with Crippen molar-refractivity contribution in [3.63, 3.8) is 0 Å². The van der Waals surface area contributed by atoms with Crippen LogP contribution in [0.25, 0.3) is 29.6 Å². The number of fused-ring (bicyclic) bond motifs is 8. The molecule has 0 amide bonds. The Labute approximate surface area is 388 Å². The number of aromatic amines is 2. The van der Waals surface area contributed by atoms with Crippen LogP contribution in [0.1, 0.15) is 167 Å². The van der Waals surface area contributed by atoms with E-state index in [1.54, 1.807) is 6.92 Å². The maximum Gasteiger partial charge on any atom is 0.320 e. The highest BCUT2D eigenvalue weighted by Crippen LogP contribution is 2.41. The third-order valence-corrected chi connectivity index (χ3v) is 15.3. The first-order chi connectivity index (χ1) is 30.9. The summed E-state index contributed by atoms with van der Waals surface area (Å²) in [5, 5.41) is 22.4. The van der Waals surface area contributed by atoms with Gasteiger partial charge in [-0.25, -0.2) is 0 Å². The van der Waals surface area contributed by atoms with Gasteiger partial charge in [0.25, 0.3) is 0 Å². The Morgan fingerprint density at radius 1 is 0.877 bits per heavy atom. The number of ketones is 1. The molecule has 6 rings (SSSR count). The fourth-order valence-corrected chi connectivity index (χ4v) is 11.3. The van der Waals surface area contributed by atoms with Gasteiger partial charge in [0.1, 0.15) is 18.3 Å². The van der Waals surface area contributed by atoms with E-state index in [0.29, 0.717) is 28.1 Å². The lowest BCUT2D eigenvalue weighted by Crippen LogP contribution is -2.39. The smallest absolute Gasteiger partial charge is 0.320 e. The van der Waals surface area contributed by atoms with Crippen molar-refractivity contribution < 1.29 is 29.0 Å². The van der Waals surface area contributed by atoms with Gasteiger partial charge in [0.05, 0.1) is 17.8 Å². The minimum atomic E-state index is -1.01. The molecular weight excluding hydrogens is 813 g/mol. The number of esters is 2. The van der Waals surface area contributed by atoms with E-state index in [4.69, 9.17) is 9.47 Å². The van der Waals surface area contributed by atoms with Crippen LogP contribution in [-0.4, -0.2) is 58.6 Å². The van der Waals surface area contributed by atoms with Crippen molar-refractivity contribution in [3.8, 4) is 0 Å². The number of hydrogen-bond donors (Lipinski definition) is 5. The van der Waals surface area contributed by atoms with Gasteiger partial charge in [-0.2, -0.15) is 0 Å². The van der Waals surface area contributed by atoms with Crippen LogP contribution in [0.4, 0.5) is 0 Å². The van der Waals surface area contributed by atoms with Crippen LogP contribution in [0.15, 0.2) is 28.6 Å². The van der Waals surface area contributed by atoms with Crippen LogP contribution in [0, 0.1) is 55.3 Å². The first kappa shape index (κ1) is 49.9. The van der Waals surface area contributed by atoms with Crippen LogP contribution < -0.4 is 31.9 Å². The molecule has 2 aromatic heterocycles. The fraction of sp³-hybridized carbons (Fsp3) is 0.618. The Balaban J connectivity index is 1.21. The minimum absolute atomic E-state index is 0.00961. The number of carbonyl (C=O) groups is 3. The molecule has 65 heavy (non-hydrogen) atoms. The molecular formula is C55H80N4O6. The minimum Gasteiger partial charge on any atom is -0.510 e. The van der Waals surface area contributed by atoms with Gasteiger partial charge in [-0.3, -0.25) is 14.4 Å². The van der Waals surface area contributed by atoms with Crippen molar-refractivity contribution in [3.05, 3.63) is 72.3 Å². The Morgan fingerprint density at radius 3 is 2.20 bits per heavy atom. The zero-order valence-electron chi connectivity index (χ0n) is 41.7. The van der Waals surface area contributed by atoms with E-state index in [0.717, 1.165) is 75.9 Å². The highest BCUT2D eigenvalue weighted by atomic mass is 16.5. The third kappa shape index (κ3) is 11.2. The van der Waals surface area contributed by atoms with Gasteiger partial charge in [-0.15, -0.1) is 0 Å². The van der Waals surface area contributed by atoms with Gasteiger partial charge in [0, 0.05) is 57.6 Å². The molecule has 10 heteroatoms. The van der Waals surface area contributed by atoms with Gasteiger partial charge < -0.3 is 35.2 Å². The Bertz CT molecular complexity index is 2440. The number of nitrogens with one attached hydrogen (secondary N) is 4. The molecule has 2 aromatic rings. The second-order valence-electron chi connectivity index (χ2n) is 20.6. The summed E-state index contributed by atoms with van der Waals surface area (Å²) in [6, 6.07) is -0.609. The summed E-state index contributed by atoms with van der Waals surface area (Å²) in [6.45, 7) is 23.8. The zero-order chi connectivity index (χ0) is 47.3. The number of H-pyrrole nitrogens is 2. The van der Waals surface area contributed by atoms with E-state index in [9.17, 15) is 19.5 Å². The van der Waals surface area contributed by atoms with Gasteiger partial charge in [-0.1, -0.05) is 92.1 Å². The summed E-state index contributed by atoms with van der Waals surface area (Å²) in [5.74, 6) is 0.470. The summed E-state index contributed by atoms with van der Waals surface area (Å²) in [4.78, 5) is 47.7. The van der Waals surface area contributed by atoms with Gasteiger partial charge >= 0.3 is 11.9 Å². The van der Waals surface area contributed by atoms with Crippen LogP contribution in [0.3, 0.4) is 0 Å². The number of aliphatic hydroxyl groups is 1. The molecule has 3 aliphatic heterocycles. The second kappa shape index (κ2) is 21.8. The van der Waals surface area contributed by atoms with Gasteiger partial charge in [0.2, 0.25) is 0 Å². The predicted molar refractivity (Wildman–Crippen MR) is 263 cm³/mol. The van der Waals surface area contributed by atoms with Crippen LogP contribution in [-0.2, 0) is 19.1 Å². The maximum absolute atomic E-state index is 13.7. The van der Waals surface area contributed by atoms with E-state index in [-0.39, 0.29) is 54.3 Å². The number of ether oxygens (including phenoxy) is 2. The quantitative estimate of drug-likeness (QED) is 0.0505. The third-order valence-electron chi connectivity index (χ3n) is 15.3. The predicted octanol–water partition coefficient (Wildman–Crippen LogP) is 8.60. The number of carbonyl (C=O) groups excluding carboxylic acids is 3. The monoisotopic (exact) mass is 893 g/mol. The molecule has 1 fully saturated rings. The van der Waals surface area contributed by atoms with Crippen LogP contribution in [0.5, 0.6) is 0 Å². The molecule has 0 saturated carbocycles. The van der Waals surface area contributed by atoms with Crippen molar-refractivity contribution in [2.75, 3.05) is 13.7 Å². The molecule has 1 saturated heterocycles. The molecule has 8 bridgehead atoms. The molecule has 0 aromatic carbocycles. The second-order valence-corrected chi connectivity index (χ2v) is 20.6. The van der Waals surface area contributed by atoms with Crippen LogP contribution in [0.2, 0.25) is 0 Å². The normalized spacial score (nSPS) is 25.4. The van der Waals surface area contributed by atoms with Crippen molar-refractivity contribution in [2.45, 2.75) is 165 Å². The van der Waals surface area contributed by atoms with Crippen molar-refractivity contribution in [1.82, 2.24) is 20.6 Å². The van der Waals surface area contributed by atoms with E-state index in [2.05, 4.69) is 94.2 Å². The number of hydrogen-bond acceptors (Lipinski definition) is 8. The molecule has 0 radical (unpaired) electrons. The number of rotatable bonds is 20. The molecule has 8 atom stereocenters. The number of methoxy groups -OCH3 is 1. The number of aliphatic hydroxyl groups excluding tert-OH is 1. The topological polar surface area (TPSA) is 146 Å². The SMILES string of the molecule is CC[C@@H]1C(C)=C2/C=c3\[nH]/c(c(C)c3C(C)=O)=C\[C@@H]3NC(C4=c5[nH]c(c(C)c5=C(O)[C@@H]4C(=O)OC)/C=C/1N2)[C@@H](CCC(=O)OC/C=C(\C)CCC[C@H](C)CCC[C@H](C)CCCC(C)C)[C@@H]3C. The highest BCUT2D eigenvalue weighted by molar-refractivity contribution is 5.97. The molecule has 1 aliphatic carbocycles. The van der Waals surface area contributed by atoms with Gasteiger partial charge in [0.15, 0.2) is 5.78 Å². The summed E-state index contributed by atoms with van der Waals surface area (Å²) in [7, 11) is 1.35. The first-order valence-electron chi connectivity index (χ1n) is 24.9. The molecule has 5 heterocycles. The zero-order valence-corrected chi connectivity index (χ0v) is 41.7. The van der Waals surface area contributed by atoms with Crippen molar-refractivity contribution in [2.24, 2.45) is 41.4 Å². The molecule has 10 nitrogen and oxygen atoms in total. The lowest BCUT2D eigenvalue weighted by molar-refractivity contribution is -0.143.